The zero-order valence-electron chi connectivity index (χ0n) is 16.6. The topological polar surface area (TPSA) is 75.7 Å². The fourth-order valence-corrected chi connectivity index (χ4v) is 3.77. The predicted molar refractivity (Wildman–Crippen MR) is 123 cm³/mol. The van der Waals surface area contributed by atoms with Crippen molar-refractivity contribution >= 4 is 29.0 Å². The summed E-state index contributed by atoms with van der Waals surface area (Å²) in [5.74, 6) is 1.94. The number of nitrogens with zero attached hydrogens (tertiary/aromatic N) is 3. The molecule has 6 nitrogen and oxygen atoms in total. The average Bonchev–Trinajstić information content (AvgIpc) is 3.29. The highest BCUT2D eigenvalue weighted by Gasteiger charge is 2.18. The lowest BCUT2D eigenvalue weighted by Gasteiger charge is -2.18. The maximum atomic E-state index is 6.21. The van der Waals surface area contributed by atoms with Crippen molar-refractivity contribution in [1.29, 1.82) is 0 Å². The van der Waals surface area contributed by atoms with Crippen molar-refractivity contribution in [2.45, 2.75) is 18.9 Å². The molecular weight excluding hydrogens is 433 g/mol. The van der Waals surface area contributed by atoms with Crippen LogP contribution in [0.2, 0.25) is 10.0 Å². The minimum Gasteiger partial charge on any atom is -0.466 e. The molecule has 0 spiro atoms. The Labute approximate surface area is 190 Å². The number of ether oxygens (including phenoxy) is 1. The van der Waals surface area contributed by atoms with Crippen LogP contribution < -0.4 is 10.1 Å². The van der Waals surface area contributed by atoms with Crippen LogP contribution in [0.4, 0.5) is 5.82 Å². The Hall–Kier alpha value is -3.09. The third-order valence-electron chi connectivity index (χ3n) is 4.60. The number of rotatable bonds is 9. The van der Waals surface area contributed by atoms with Gasteiger partial charge in [0.2, 0.25) is 5.88 Å². The van der Waals surface area contributed by atoms with Crippen LogP contribution in [0.1, 0.15) is 23.1 Å². The van der Waals surface area contributed by atoms with Crippen LogP contribution in [0.15, 0.2) is 73.3 Å². The molecule has 3 aromatic heterocycles. The van der Waals surface area contributed by atoms with E-state index in [1.54, 1.807) is 24.7 Å². The predicted octanol–water partition coefficient (Wildman–Crippen LogP) is 5.52. The highest BCUT2D eigenvalue weighted by Crippen LogP contribution is 2.26. The van der Waals surface area contributed by atoms with Crippen molar-refractivity contribution in [2.75, 3.05) is 11.9 Å². The zero-order valence-corrected chi connectivity index (χ0v) is 18.1. The molecule has 2 N–H and O–H groups in total. The monoisotopic (exact) mass is 453 g/mol. The van der Waals surface area contributed by atoms with Gasteiger partial charge in [-0.05, 0) is 47.9 Å². The quantitative estimate of drug-likeness (QED) is 0.348. The SMILES string of the molecule is Clc1cc(Cl)cc(CC(Oc2cccc(NCCc3cccnc3)n2)c2ncc[nH]2)c1. The smallest absolute Gasteiger partial charge is 0.215 e. The van der Waals surface area contributed by atoms with Crippen LogP contribution in [-0.2, 0) is 12.8 Å². The Balaban J connectivity index is 1.45. The Morgan fingerprint density at radius 2 is 1.87 bits per heavy atom. The number of aromatic nitrogens is 4. The first-order chi connectivity index (χ1) is 15.2. The molecule has 1 atom stereocenters. The van der Waals surface area contributed by atoms with Gasteiger partial charge in [-0.2, -0.15) is 4.98 Å². The summed E-state index contributed by atoms with van der Waals surface area (Å²) in [4.78, 5) is 16.2. The average molecular weight is 454 g/mol. The van der Waals surface area contributed by atoms with Crippen LogP contribution in [0.5, 0.6) is 5.88 Å². The number of imidazole rings is 1. The Morgan fingerprint density at radius 3 is 2.61 bits per heavy atom. The number of anilines is 1. The number of H-pyrrole nitrogens is 1. The highest BCUT2D eigenvalue weighted by molar-refractivity contribution is 6.34. The largest absolute Gasteiger partial charge is 0.466 e. The van der Waals surface area contributed by atoms with Gasteiger partial charge in [-0.15, -0.1) is 0 Å². The molecule has 4 aromatic rings. The molecule has 0 amide bonds. The van der Waals surface area contributed by atoms with E-state index in [9.17, 15) is 0 Å². The molecule has 0 aliphatic rings. The second-order valence-electron chi connectivity index (χ2n) is 6.96. The normalized spacial score (nSPS) is 11.8. The summed E-state index contributed by atoms with van der Waals surface area (Å²) in [7, 11) is 0. The zero-order chi connectivity index (χ0) is 21.5. The minimum atomic E-state index is -0.373. The van der Waals surface area contributed by atoms with Crippen molar-refractivity contribution in [3.8, 4) is 5.88 Å². The van der Waals surface area contributed by atoms with Crippen molar-refractivity contribution in [3.63, 3.8) is 0 Å². The third-order valence-corrected chi connectivity index (χ3v) is 5.03. The highest BCUT2D eigenvalue weighted by atomic mass is 35.5. The lowest BCUT2D eigenvalue weighted by atomic mass is 10.1. The van der Waals surface area contributed by atoms with E-state index in [-0.39, 0.29) is 6.10 Å². The van der Waals surface area contributed by atoms with Crippen molar-refractivity contribution in [3.05, 3.63) is 100 Å². The van der Waals surface area contributed by atoms with E-state index in [2.05, 4.69) is 31.3 Å². The first-order valence-corrected chi connectivity index (χ1v) is 10.6. The van der Waals surface area contributed by atoms with Crippen molar-refractivity contribution in [2.24, 2.45) is 0 Å². The van der Waals surface area contributed by atoms with Gasteiger partial charge in [0, 0.05) is 53.9 Å². The summed E-state index contributed by atoms with van der Waals surface area (Å²) >= 11 is 12.3. The Bertz CT molecular complexity index is 1090. The molecular formula is C23H21Cl2N5O. The number of pyridine rings is 2. The van der Waals surface area contributed by atoms with E-state index in [1.165, 1.54) is 5.56 Å². The number of benzene rings is 1. The molecule has 0 bridgehead atoms. The second-order valence-corrected chi connectivity index (χ2v) is 7.83. The number of halogens is 2. The Kier molecular flexibility index (Phi) is 7.02. The molecule has 31 heavy (non-hydrogen) atoms. The first kappa shape index (κ1) is 21.2. The van der Waals surface area contributed by atoms with E-state index in [0.29, 0.717) is 28.2 Å². The maximum absolute atomic E-state index is 6.21. The molecule has 3 heterocycles. The molecule has 0 radical (unpaired) electrons. The van der Waals surface area contributed by atoms with Crippen molar-refractivity contribution < 1.29 is 4.74 Å². The molecule has 0 aliphatic carbocycles. The fraction of sp³-hybridized carbons (Fsp3) is 0.174. The number of nitrogens with one attached hydrogen (secondary N) is 2. The van der Waals surface area contributed by atoms with E-state index in [1.807, 2.05) is 42.6 Å². The summed E-state index contributed by atoms with van der Waals surface area (Å²) in [5, 5.41) is 4.49. The molecule has 8 heteroatoms. The first-order valence-electron chi connectivity index (χ1n) is 9.86. The van der Waals surface area contributed by atoms with E-state index >= 15 is 0 Å². The molecule has 158 valence electrons. The molecule has 0 saturated heterocycles. The third kappa shape index (κ3) is 6.20. The van der Waals surface area contributed by atoms with Gasteiger partial charge in [0.25, 0.3) is 0 Å². The van der Waals surface area contributed by atoms with E-state index in [0.717, 1.165) is 24.3 Å². The molecule has 1 unspecified atom stereocenters. The standard InChI is InChI=1S/C23H21Cl2N5O/c24-18-11-17(12-19(25)14-18)13-20(23-28-9-10-29-23)31-22-5-1-4-21(30-22)27-8-6-16-3-2-7-26-15-16/h1-5,7,9-12,14-15,20H,6,8,13H2,(H,27,30)(H,28,29). The summed E-state index contributed by atoms with van der Waals surface area (Å²) in [5.41, 5.74) is 2.12. The molecule has 0 saturated carbocycles. The van der Waals surface area contributed by atoms with Gasteiger partial charge in [-0.3, -0.25) is 4.98 Å². The number of hydrogen-bond acceptors (Lipinski definition) is 5. The van der Waals surface area contributed by atoms with Crippen LogP contribution in [0, 0.1) is 0 Å². The van der Waals surface area contributed by atoms with Crippen LogP contribution in [0.3, 0.4) is 0 Å². The lowest BCUT2D eigenvalue weighted by molar-refractivity contribution is 0.189. The minimum absolute atomic E-state index is 0.373. The van der Waals surface area contributed by atoms with Gasteiger partial charge in [0.05, 0.1) is 0 Å². The molecule has 0 fully saturated rings. The van der Waals surface area contributed by atoms with Gasteiger partial charge in [0.15, 0.2) is 6.10 Å². The van der Waals surface area contributed by atoms with E-state index in [4.69, 9.17) is 27.9 Å². The molecule has 0 aliphatic heterocycles. The number of hydrogen-bond donors (Lipinski definition) is 2. The van der Waals surface area contributed by atoms with Crippen molar-refractivity contribution in [1.82, 2.24) is 19.9 Å². The van der Waals surface area contributed by atoms with Gasteiger partial charge in [0.1, 0.15) is 11.6 Å². The van der Waals surface area contributed by atoms with Gasteiger partial charge in [-0.1, -0.05) is 35.3 Å². The summed E-state index contributed by atoms with van der Waals surface area (Å²) in [6.45, 7) is 0.741. The summed E-state index contributed by atoms with van der Waals surface area (Å²) < 4.78 is 6.21. The fourth-order valence-electron chi connectivity index (χ4n) is 3.20. The van der Waals surface area contributed by atoms with Crippen LogP contribution in [-0.4, -0.2) is 26.5 Å². The molecule has 1 aromatic carbocycles. The van der Waals surface area contributed by atoms with Crippen LogP contribution in [0.25, 0.3) is 0 Å². The van der Waals surface area contributed by atoms with Gasteiger partial charge in [-0.25, -0.2) is 4.98 Å². The van der Waals surface area contributed by atoms with Crippen LogP contribution >= 0.6 is 23.2 Å². The Morgan fingerprint density at radius 1 is 1.00 bits per heavy atom. The van der Waals surface area contributed by atoms with Gasteiger partial charge >= 0.3 is 0 Å². The lowest BCUT2D eigenvalue weighted by Crippen LogP contribution is -2.14. The number of aromatic amines is 1. The second kappa shape index (κ2) is 10.3. The molecule has 4 rings (SSSR count). The van der Waals surface area contributed by atoms with E-state index < -0.39 is 0 Å². The summed E-state index contributed by atoms with van der Waals surface area (Å²) in [6.07, 6.45) is 8.11. The maximum Gasteiger partial charge on any atom is 0.215 e. The van der Waals surface area contributed by atoms with Gasteiger partial charge < -0.3 is 15.0 Å². The summed E-state index contributed by atoms with van der Waals surface area (Å²) in [6, 6.07) is 15.1.